The topological polar surface area (TPSA) is 153 Å². The predicted octanol–water partition coefficient (Wildman–Crippen LogP) is 3.87. The molecule has 7 unspecified atom stereocenters. The number of nitrogens with one attached hydrogen (secondary N) is 1. The number of carbonyl (C=O) groups is 4. The zero-order valence-electron chi connectivity index (χ0n) is 32.3. The van der Waals surface area contributed by atoms with Gasteiger partial charge in [-0.1, -0.05) is 84.9 Å². The minimum absolute atomic E-state index is 0.0390. The fourth-order valence-corrected chi connectivity index (χ4v) is 8.13. The van der Waals surface area contributed by atoms with E-state index in [1.807, 2.05) is 84.9 Å². The minimum atomic E-state index is -1.53. The Hall–Kier alpha value is -4.92. The quantitative estimate of drug-likeness (QED) is 0.204. The van der Waals surface area contributed by atoms with Crippen molar-refractivity contribution in [3.05, 3.63) is 113 Å². The Bertz CT molecular complexity index is 1910. The van der Waals surface area contributed by atoms with E-state index in [2.05, 4.69) is 5.32 Å². The maximum absolute atomic E-state index is 14.9. The molecule has 7 rings (SSSR count). The number of likely N-dealkylation sites (N-methyl/N-ethyl adjacent to an activating group) is 1. The number of aliphatic hydroxyl groups excluding tert-OH is 1. The molecule has 3 aliphatic heterocycles. The molecule has 13 heteroatoms. The molecule has 0 aromatic heterocycles. The van der Waals surface area contributed by atoms with Crippen molar-refractivity contribution in [1.82, 2.24) is 15.3 Å². The van der Waals surface area contributed by atoms with E-state index in [-0.39, 0.29) is 31.7 Å². The highest BCUT2D eigenvalue weighted by molar-refractivity contribution is 5.94. The molecular weight excluding hydrogens is 718 g/mol. The lowest BCUT2D eigenvalue weighted by Gasteiger charge is -2.49. The third-order valence-electron chi connectivity index (χ3n) is 10.7. The number of aliphatic hydroxyl groups is 1. The second kappa shape index (κ2) is 15.5. The zero-order valence-corrected chi connectivity index (χ0v) is 32.3. The third kappa shape index (κ3) is 7.49. The molecule has 2 bridgehead atoms. The molecule has 2 N–H and O–H groups in total. The molecule has 13 nitrogen and oxygen atoms in total. The molecule has 3 aromatic rings. The normalized spacial score (nSPS) is 27.0. The second-order valence-corrected chi connectivity index (χ2v) is 16.0. The van der Waals surface area contributed by atoms with Gasteiger partial charge in [0.05, 0.1) is 19.2 Å². The van der Waals surface area contributed by atoms with Crippen molar-refractivity contribution in [2.45, 2.75) is 94.5 Å². The highest BCUT2D eigenvalue weighted by Crippen LogP contribution is 2.59. The van der Waals surface area contributed by atoms with E-state index in [1.54, 1.807) is 40.9 Å². The van der Waals surface area contributed by atoms with Gasteiger partial charge in [-0.3, -0.25) is 24.0 Å². The predicted molar refractivity (Wildman–Crippen MR) is 203 cm³/mol. The number of ether oxygens (including phenoxy) is 4. The van der Waals surface area contributed by atoms with Crippen molar-refractivity contribution in [3.63, 3.8) is 0 Å². The van der Waals surface area contributed by atoms with Gasteiger partial charge in [0.25, 0.3) is 0 Å². The van der Waals surface area contributed by atoms with Gasteiger partial charge in [-0.2, -0.15) is 5.06 Å². The van der Waals surface area contributed by atoms with Gasteiger partial charge in [-0.15, -0.1) is 0 Å². The average Bonchev–Trinajstić information content (AvgIpc) is 3.76. The van der Waals surface area contributed by atoms with Gasteiger partial charge in [0.2, 0.25) is 17.6 Å². The average molecular weight is 768 g/mol. The molecule has 1 saturated carbocycles. The van der Waals surface area contributed by atoms with Gasteiger partial charge < -0.3 is 34.3 Å². The van der Waals surface area contributed by atoms with Gasteiger partial charge >= 0.3 is 11.9 Å². The third-order valence-corrected chi connectivity index (χ3v) is 10.7. The lowest BCUT2D eigenvalue weighted by atomic mass is 9.62. The number of rotatable bonds is 12. The fourth-order valence-electron chi connectivity index (χ4n) is 8.13. The summed E-state index contributed by atoms with van der Waals surface area (Å²) < 4.78 is 25.6. The molecule has 1 aliphatic carbocycles. The Morgan fingerprint density at radius 3 is 2.18 bits per heavy atom. The highest BCUT2D eigenvalue weighted by Gasteiger charge is 2.76. The lowest BCUT2D eigenvalue weighted by molar-refractivity contribution is -0.213. The van der Waals surface area contributed by atoms with Crippen molar-refractivity contribution >= 4 is 29.8 Å². The molecular formula is C43H49N3O10. The summed E-state index contributed by atoms with van der Waals surface area (Å²) in [5, 5.41) is 14.9. The summed E-state index contributed by atoms with van der Waals surface area (Å²) in [6, 6.07) is 24.4. The van der Waals surface area contributed by atoms with Crippen molar-refractivity contribution in [3.8, 4) is 0 Å². The summed E-state index contributed by atoms with van der Waals surface area (Å²) >= 11 is 0. The second-order valence-electron chi connectivity index (χ2n) is 16.0. The molecule has 4 aliphatic rings. The van der Waals surface area contributed by atoms with Crippen LogP contribution in [0, 0.1) is 5.41 Å². The molecule has 0 spiro atoms. The van der Waals surface area contributed by atoms with E-state index in [1.165, 1.54) is 16.0 Å². The van der Waals surface area contributed by atoms with Crippen LogP contribution in [0.3, 0.4) is 0 Å². The standard InChI is InChI=1S/C43H49N3O10/c1-41(2,3)53-34(49)23-21-31(26-47)44-40(51)42-24-32-35-36(55-43(54-35,29-12-8-6-9-13-29)30-14-10-7-11-15-30)38(42)56-46(37(42)39(50)52-32)25-28-18-16-27(17-19-28)20-22-33(48)45(4)5/h6-20,22,31-32,35-38,47H,21,23-26H2,1-5H3,(H,44,51). The largest absolute Gasteiger partial charge is 0.460 e. The Labute approximate surface area is 326 Å². The number of amides is 2. The van der Waals surface area contributed by atoms with E-state index in [9.17, 15) is 24.3 Å². The van der Waals surface area contributed by atoms with Crippen LogP contribution < -0.4 is 5.32 Å². The summed E-state index contributed by atoms with van der Waals surface area (Å²) in [6.07, 6.45) is -0.225. The van der Waals surface area contributed by atoms with Crippen molar-refractivity contribution in [2.75, 3.05) is 20.7 Å². The van der Waals surface area contributed by atoms with Crippen LogP contribution >= 0.6 is 0 Å². The van der Waals surface area contributed by atoms with Crippen LogP contribution in [-0.4, -0.2) is 102 Å². The van der Waals surface area contributed by atoms with Crippen molar-refractivity contribution in [1.29, 1.82) is 0 Å². The van der Waals surface area contributed by atoms with Gasteiger partial charge in [0.1, 0.15) is 35.4 Å². The zero-order chi connectivity index (χ0) is 39.8. The summed E-state index contributed by atoms with van der Waals surface area (Å²) in [5.41, 5.74) is 0.798. The first-order valence-corrected chi connectivity index (χ1v) is 19.0. The van der Waals surface area contributed by atoms with Crippen LogP contribution in [0.5, 0.6) is 0 Å². The summed E-state index contributed by atoms with van der Waals surface area (Å²) in [5.74, 6) is -3.18. The molecule has 2 amide bonds. The lowest BCUT2D eigenvalue weighted by Crippen LogP contribution is -2.70. The van der Waals surface area contributed by atoms with Gasteiger partial charge in [-0.05, 0) is 44.4 Å². The van der Waals surface area contributed by atoms with Gasteiger partial charge in [-0.25, -0.2) is 0 Å². The van der Waals surface area contributed by atoms with Crippen LogP contribution in [0.2, 0.25) is 0 Å². The van der Waals surface area contributed by atoms with Crippen LogP contribution in [-0.2, 0) is 55.3 Å². The molecule has 56 heavy (non-hydrogen) atoms. The molecule has 296 valence electrons. The monoisotopic (exact) mass is 767 g/mol. The number of hydrogen-bond acceptors (Lipinski definition) is 11. The Kier molecular flexibility index (Phi) is 10.9. The first-order valence-electron chi connectivity index (χ1n) is 19.0. The molecule has 0 radical (unpaired) electrons. The highest BCUT2D eigenvalue weighted by atomic mass is 16.8. The minimum Gasteiger partial charge on any atom is -0.460 e. The Balaban J connectivity index is 1.23. The number of nitrogens with zero attached hydrogens (tertiary/aromatic N) is 2. The van der Waals surface area contributed by atoms with E-state index in [4.69, 9.17) is 23.8 Å². The molecule has 4 fully saturated rings. The maximum atomic E-state index is 14.9. The first kappa shape index (κ1) is 39.3. The summed E-state index contributed by atoms with van der Waals surface area (Å²) in [7, 11) is 3.36. The van der Waals surface area contributed by atoms with E-state index >= 15 is 0 Å². The van der Waals surface area contributed by atoms with Crippen molar-refractivity contribution < 1.29 is 48.1 Å². The fraction of sp³-hybridized carbons (Fsp3) is 0.442. The van der Waals surface area contributed by atoms with Crippen LogP contribution in [0.15, 0.2) is 91.0 Å². The van der Waals surface area contributed by atoms with E-state index in [0.29, 0.717) is 0 Å². The Morgan fingerprint density at radius 1 is 0.964 bits per heavy atom. The van der Waals surface area contributed by atoms with Crippen LogP contribution in [0.4, 0.5) is 0 Å². The van der Waals surface area contributed by atoms with Crippen LogP contribution in [0.25, 0.3) is 6.08 Å². The number of carbonyl (C=O) groups excluding carboxylic acids is 4. The SMILES string of the molecule is CN(C)C(=O)C=Cc1ccc(CN2OC3C4OC(c5ccccc5)(c5ccccc5)OC4C4CC3(C(=O)NC(CO)CCC(=O)OC(C)(C)C)C2C(=O)O4)cc1. The number of esters is 2. The summed E-state index contributed by atoms with van der Waals surface area (Å²) in [4.78, 5) is 62.1. The van der Waals surface area contributed by atoms with Gasteiger partial charge in [0.15, 0.2) is 6.04 Å². The molecule has 3 heterocycles. The van der Waals surface area contributed by atoms with E-state index < -0.39 is 77.8 Å². The molecule has 3 saturated heterocycles. The number of hydrogen-bond donors (Lipinski definition) is 2. The number of hydroxylamine groups is 2. The number of benzene rings is 3. The molecule has 7 atom stereocenters. The van der Waals surface area contributed by atoms with Crippen LogP contribution in [0.1, 0.15) is 62.3 Å². The van der Waals surface area contributed by atoms with Gasteiger partial charge in [0, 0.05) is 44.1 Å². The van der Waals surface area contributed by atoms with Crippen molar-refractivity contribution in [2.24, 2.45) is 5.41 Å². The first-order chi connectivity index (χ1) is 26.7. The maximum Gasteiger partial charge on any atom is 0.327 e. The number of fused-ring (bicyclic) bond motifs is 4. The smallest absolute Gasteiger partial charge is 0.327 e. The Morgan fingerprint density at radius 2 is 1.59 bits per heavy atom. The van der Waals surface area contributed by atoms with E-state index in [0.717, 1.165) is 22.3 Å². The summed E-state index contributed by atoms with van der Waals surface area (Å²) in [6.45, 7) is 4.97. The molecule has 3 aromatic carbocycles.